The standard InChI is InChI=1S/C32H21N9OS2/c1-2-7-21-17(5-1)15-22(42-21)30-29(32-38-40-41-39-32)28(31-34-12-13-35-31)27-24(44-30)16-18(23-8-4-14-43-23)25(19-6-3-10-33-19)26(27)20-9-11-36-37-20/h1-16,30,33H,(H,34,35)(H,36,37)(H,38,39,40,41). The summed E-state index contributed by atoms with van der Waals surface area (Å²) in [5.41, 5.74) is 8.55. The number of nitrogens with zero attached hydrogens (tertiary/aromatic N) is 5. The van der Waals surface area contributed by atoms with Gasteiger partial charge >= 0.3 is 0 Å². The second-order valence-electron chi connectivity index (χ2n) is 10.2. The molecule has 2 aromatic carbocycles. The summed E-state index contributed by atoms with van der Waals surface area (Å²) >= 11 is 3.42. The lowest BCUT2D eigenvalue weighted by atomic mass is 9.84. The summed E-state index contributed by atoms with van der Waals surface area (Å²) < 4.78 is 6.51. The van der Waals surface area contributed by atoms with Gasteiger partial charge in [0.2, 0.25) is 5.82 Å². The van der Waals surface area contributed by atoms with Crippen LogP contribution in [-0.2, 0) is 0 Å². The predicted molar refractivity (Wildman–Crippen MR) is 171 cm³/mol. The van der Waals surface area contributed by atoms with Crippen molar-refractivity contribution in [2.24, 2.45) is 0 Å². The first-order chi connectivity index (χ1) is 21.8. The first-order valence-electron chi connectivity index (χ1n) is 13.8. The Balaban J connectivity index is 1.44. The first kappa shape index (κ1) is 25.1. The average molecular weight is 612 g/mol. The number of rotatable bonds is 6. The molecule has 1 unspecified atom stereocenters. The molecule has 0 aliphatic carbocycles. The van der Waals surface area contributed by atoms with Crippen molar-refractivity contribution in [3.05, 3.63) is 120 Å². The SMILES string of the molecule is c1c[nH]c(-c2c(-c3cccs3)cc3c(c2-c2ccn[nH]2)C(c2ncc[nH]2)=C(c2nn[nH]n2)C(c2cc4ccccc4o2)S3)c1. The molecule has 1 aliphatic heterocycles. The van der Waals surface area contributed by atoms with Gasteiger partial charge in [-0.2, -0.15) is 10.3 Å². The Morgan fingerprint density at radius 2 is 1.82 bits per heavy atom. The number of thiophene rings is 1. The van der Waals surface area contributed by atoms with Crippen molar-refractivity contribution in [3.8, 4) is 33.0 Å². The number of H-pyrrole nitrogens is 4. The summed E-state index contributed by atoms with van der Waals surface area (Å²) in [5, 5.41) is 26.1. The van der Waals surface area contributed by atoms with Crippen molar-refractivity contribution < 1.29 is 4.42 Å². The van der Waals surface area contributed by atoms with Gasteiger partial charge in [-0.15, -0.1) is 33.3 Å². The largest absolute Gasteiger partial charge is 0.460 e. The van der Waals surface area contributed by atoms with Gasteiger partial charge < -0.3 is 14.4 Å². The average Bonchev–Trinajstić information content (AvgIpc) is 3.91. The molecule has 212 valence electrons. The fraction of sp³-hybridized carbons (Fsp3) is 0.0312. The molecule has 4 N–H and O–H groups in total. The molecule has 0 fully saturated rings. The summed E-state index contributed by atoms with van der Waals surface area (Å²) in [5.74, 6) is 1.95. The predicted octanol–water partition coefficient (Wildman–Crippen LogP) is 7.59. The van der Waals surface area contributed by atoms with Crippen molar-refractivity contribution >= 4 is 45.2 Å². The second kappa shape index (κ2) is 10.1. The van der Waals surface area contributed by atoms with Gasteiger partial charge in [-0.05, 0) is 53.1 Å². The maximum Gasteiger partial charge on any atom is 0.203 e. The zero-order valence-electron chi connectivity index (χ0n) is 22.8. The lowest BCUT2D eigenvalue weighted by Gasteiger charge is -2.30. The molecule has 6 aromatic heterocycles. The molecule has 10 nitrogen and oxygen atoms in total. The molecule has 0 amide bonds. The molecule has 7 heterocycles. The quantitative estimate of drug-likeness (QED) is 0.152. The molecule has 8 aromatic rings. The molecular formula is C32H21N9OS2. The molecule has 12 heteroatoms. The Kier molecular flexibility index (Phi) is 5.74. The molecule has 1 atom stereocenters. The van der Waals surface area contributed by atoms with E-state index in [1.807, 2.05) is 42.7 Å². The van der Waals surface area contributed by atoms with Gasteiger partial charge in [-0.3, -0.25) is 5.10 Å². The zero-order chi connectivity index (χ0) is 29.0. The smallest absolute Gasteiger partial charge is 0.203 e. The third kappa shape index (κ3) is 3.92. The maximum absolute atomic E-state index is 6.51. The summed E-state index contributed by atoms with van der Waals surface area (Å²) in [6.45, 7) is 0. The van der Waals surface area contributed by atoms with E-state index in [4.69, 9.17) is 9.40 Å². The third-order valence-electron chi connectivity index (χ3n) is 7.77. The van der Waals surface area contributed by atoms with E-state index in [-0.39, 0.29) is 5.25 Å². The Bertz CT molecular complexity index is 2210. The van der Waals surface area contributed by atoms with Crippen molar-refractivity contribution in [3.63, 3.8) is 0 Å². The van der Waals surface area contributed by atoms with Crippen LogP contribution in [0.25, 0.3) is 55.1 Å². The fourth-order valence-electron chi connectivity index (χ4n) is 5.99. The van der Waals surface area contributed by atoms with Crippen molar-refractivity contribution in [2.45, 2.75) is 10.1 Å². The van der Waals surface area contributed by atoms with E-state index in [0.717, 1.165) is 71.3 Å². The van der Waals surface area contributed by atoms with Gasteiger partial charge in [-0.1, -0.05) is 24.3 Å². The molecular weight excluding hydrogens is 591 g/mol. The van der Waals surface area contributed by atoms with E-state index in [1.54, 1.807) is 35.5 Å². The summed E-state index contributed by atoms with van der Waals surface area (Å²) in [4.78, 5) is 13.9. The number of para-hydroxylation sites is 1. The lowest BCUT2D eigenvalue weighted by molar-refractivity contribution is 0.564. The van der Waals surface area contributed by atoms with E-state index in [0.29, 0.717) is 11.6 Å². The van der Waals surface area contributed by atoms with Gasteiger partial charge in [0, 0.05) is 79.0 Å². The number of benzene rings is 2. The van der Waals surface area contributed by atoms with Crippen molar-refractivity contribution in [1.82, 2.24) is 45.8 Å². The second-order valence-corrected chi connectivity index (χ2v) is 12.3. The number of aromatic amines is 4. The maximum atomic E-state index is 6.51. The van der Waals surface area contributed by atoms with Gasteiger partial charge in [0.05, 0.1) is 10.9 Å². The topological polar surface area (TPSA) is 141 Å². The van der Waals surface area contributed by atoms with Gasteiger partial charge in [0.1, 0.15) is 17.2 Å². The molecule has 1 aliphatic rings. The van der Waals surface area contributed by atoms with Crippen LogP contribution in [0.5, 0.6) is 0 Å². The first-order valence-corrected chi connectivity index (χ1v) is 15.6. The van der Waals surface area contributed by atoms with Gasteiger partial charge in [0.15, 0.2) is 0 Å². The third-order valence-corrected chi connectivity index (χ3v) is 9.95. The van der Waals surface area contributed by atoms with Gasteiger partial charge in [-0.25, -0.2) is 4.98 Å². The zero-order valence-corrected chi connectivity index (χ0v) is 24.4. The van der Waals surface area contributed by atoms with Crippen LogP contribution in [0.15, 0.2) is 106 Å². The molecule has 0 bridgehead atoms. The Morgan fingerprint density at radius 3 is 2.57 bits per heavy atom. The number of imidazole rings is 1. The van der Waals surface area contributed by atoms with Crippen LogP contribution >= 0.6 is 23.1 Å². The Hall–Kier alpha value is -5.46. The number of hydrogen-bond donors (Lipinski definition) is 4. The van der Waals surface area contributed by atoms with Crippen LogP contribution in [-0.4, -0.2) is 45.8 Å². The van der Waals surface area contributed by atoms with Crippen LogP contribution in [0.1, 0.15) is 28.2 Å². The molecule has 9 rings (SSSR count). The highest BCUT2D eigenvalue weighted by molar-refractivity contribution is 8.00. The van der Waals surface area contributed by atoms with Crippen LogP contribution < -0.4 is 0 Å². The molecule has 0 saturated carbocycles. The van der Waals surface area contributed by atoms with E-state index in [1.165, 1.54) is 0 Å². The number of hydrogen-bond acceptors (Lipinski definition) is 8. The minimum atomic E-state index is -0.297. The molecule has 0 radical (unpaired) electrons. The minimum absolute atomic E-state index is 0.297. The number of furan rings is 1. The Labute approximate surface area is 257 Å². The highest BCUT2D eigenvalue weighted by Crippen LogP contribution is 2.59. The van der Waals surface area contributed by atoms with Crippen LogP contribution in [0.3, 0.4) is 0 Å². The normalized spacial score (nSPS) is 14.9. The Morgan fingerprint density at radius 1 is 0.841 bits per heavy atom. The van der Waals surface area contributed by atoms with E-state index in [2.05, 4.69) is 82.6 Å². The number of nitrogens with one attached hydrogen (secondary N) is 4. The minimum Gasteiger partial charge on any atom is -0.460 e. The highest BCUT2D eigenvalue weighted by Gasteiger charge is 2.39. The fourth-order valence-corrected chi connectivity index (χ4v) is 8.08. The number of thioether (sulfide) groups is 1. The van der Waals surface area contributed by atoms with E-state index >= 15 is 0 Å². The number of tetrazole rings is 1. The van der Waals surface area contributed by atoms with Crippen LogP contribution in [0.4, 0.5) is 0 Å². The van der Waals surface area contributed by atoms with Crippen LogP contribution in [0, 0.1) is 0 Å². The molecule has 44 heavy (non-hydrogen) atoms. The molecule has 0 spiro atoms. The lowest BCUT2D eigenvalue weighted by Crippen LogP contribution is -2.13. The molecule has 0 saturated heterocycles. The van der Waals surface area contributed by atoms with E-state index < -0.39 is 0 Å². The number of fused-ring (bicyclic) bond motifs is 2. The highest BCUT2D eigenvalue weighted by atomic mass is 32.2. The van der Waals surface area contributed by atoms with Crippen molar-refractivity contribution in [2.75, 3.05) is 0 Å². The summed E-state index contributed by atoms with van der Waals surface area (Å²) in [6.07, 6.45) is 7.32. The monoisotopic (exact) mass is 611 g/mol. The van der Waals surface area contributed by atoms with Crippen LogP contribution in [0.2, 0.25) is 0 Å². The van der Waals surface area contributed by atoms with Gasteiger partial charge in [0.25, 0.3) is 0 Å². The number of aromatic nitrogens is 9. The van der Waals surface area contributed by atoms with Crippen molar-refractivity contribution in [1.29, 1.82) is 0 Å². The van der Waals surface area contributed by atoms with E-state index in [9.17, 15) is 0 Å². The summed E-state index contributed by atoms with van der Waals surface area (Å²) in [6, 6.07) is 22.8. The summed E-state index contributed by atoms with van der Waals surface area (Å²) in [7, 11) is 0.